The van der Waals surface area contributed by atoms with E-state index in [1.54, 1.807) is 6.33 Å². The Balaban J connectivity index is 1.15. The van der Waals surface area contributed by atoms with E-state index >= 15 is 0 Å². The summed E-state index contributed by atoms with van der Waals surface area (Å²) in [6, 6.07) is 33.3. The van der Waals surface area contributed by atoms with E-state index in [0.29, 0.717) is 6.54 Å². The Hall–Kier alpha value is -3.99. The summed E-state index contributed by atoms with van der Waals surface area (Å²) < 4.78 is 0. The first kappa shape index (κ1) is 23.7. The van der Waals surface area contributed by atoms with Crippen LogP contribution < -0.4 is 10.2 Å². The highest BCUT2D eigenvalue weighted by Crippen LogP contribution is 2.28. The number of carbonyl (C=O) groups is 1. The first-order chi connectivity index (χ1) is 17.8. The molecule has 1 amide bonds. The quantitative estimate of drug-likeness (QED) is 0.355. The fourth-order valence-electron chi connectivity index (χ4n) is 5.04. The summed E-state index contributed by atoms with van der Waals surface area (Å²) in [5.41, 5.74) is 4.57. The predicted octanol–water partition coefficient (Wildman–Crippen LogP) is 5.70. The maximum Gasteiger partial charge on any atom is 0.223 e. The summed E-state index contributed by atoms with van der Waals surface area (Å²) in [5, 5.41) is 3.22. The van der Waals surface area contributed by atoms with Gasteiger partial charge in [-0.25, -0.2) is 9.97 Å². The summed E-state index contributed by atoms with van der Waals surface area (Å²) in [7, 11) is 0. The average Bonchev–Trinajstić information content (AvgIpc) is 2.97. The molecule has 2 heterocycles. The lowest BCUT2D eigenvalue weighted by atomic mass is 9.88. The van der Waals surface area contributed by atoms with Crippen molar-refractivity contribution in [1.82, 2.24) is 15.3 Å². The van der Waals surface area contributed by atoms with Gasteiger partial charge in [-0.3, -0.25) is 4.79 Å². The Kier molecular flexibility index (Phi) is 7.67. The smallest absolute Gasteiger partial charge is 0.223 e. The molecule has 182 valence electrons. The van der Waals surface area contributed by atoms with Gasteiger partial charge in [0.15, 0.2) is 0 Å². The molecule has 3 aromatic carbocycles. The van der Waals surface area contributed by atoms with Crippen LogP contribution in [0.25, 0.3) is 11.3 Å². The van der Waals surface area contributed by atoms with E-state index in [1.165, 1.54) is 11.1 Å². The molecule has 4 aromatic rings. The van der Waals surface area contributed by atoms with Gasteiger partial charge in [-0.1, -0.05) is 91.0 Å². The third-order valence-corrected chi connectivity index (χ3v) is 7.05. The molecule has 1 saturated heterocycles. The fourth-order valence-corrected chi connectivity index (χ4v) is 5.04. The third-order valence-electron chi connectivity index (χ3n) is 7.05. The van der Waals surface area contributed by atoms with Crippen LogP contribution in [0.5, 0.6) is 0 Å². The van der Waals surface area contributed by atoms with Crippen LogP contribution in [0.3, 0.4) is 0 Å². The number of aromatic nitrogens is 2. The molecule has 0 spiro atoms. The van der Waals surface area contributed by atoms with Crippen molar-refractivity contribution < 1.29 is 4.79 Å². The SMILES string of the molecule is O=C(NCCC(c1ccccc1)c1ccccc1)C1CCN(c2cc(-c3ccccc3)ncn2)CC1. The normalized spacial score (nSPS) is 14.1. The molecule has 0 radical (unpaired) electrons. The lowest BCUT2D eigenvalue weighted by molar-refractivity contribution is -0.125. The average molecular weight is 477 g/mol. The van der Waals surface area contributed by atoms with Crippen molar-refractivity contribution in [2.75, 3.05) is 24.5 Å². The van der Waals surface area contributed by atoms with Crippen LogP contribution in [0.1, 0.15) is 36.3 Å². The van der Waals surface area contributed by atoms with Crippen LogP contribution in [0.2, 0.25) is 0 Å². The molecule has 5 rings (SSSR count). The molecule has 1 aliphatic rings. The third kappa shape index (κ3) is 5.80. The van der Waals surface area contributed by atoms with E-state index in [-0.39, 0.29) is 17.7 Å². The molecule has 5 nitrogen and oxygen atoms in total. The van der Waals surface area contributed by atoms with Crippen LogP contribution in [0, 0.1) is 5.92 Å². The van der Waals surface area contributed by atoms with Gasteiger partial charge >= 0.3 is 0 Å². The molecule has 0 aliphatic carbocycles. The molecule has 0 saturated carbocycles. The van der Waals surface area contributed by atoms with E-state index in [1.807, 2.05) is 36.4 Å². The van der Waals surface area contributed by atoms with E-state index in [0.717, 1.165) is 49.4 Å². The highest BCUT2D eigenvalue weighted by atomic mass is 16.1. The van der Waals surface area contributed by atoms with Gasteiger partial charge in [0.25, 0.3) is 0 Å². The Morgan fingerprint density at radius 3 is 2.03 bits per heavy atom. The monoisotopic (exact) mass is 476 g/mol. The number of hydrogen-bond acceptors (Lipinski definition) is 4. The summed E-state index contributed by atoms with van der Waals surface area (Å²) in [6.45, 7) is 2.31. The number of nitrogens with one attached hydrogen (secondary N) is 1. The Morgan fingerprint density at radius 1 is 0.833 bits per heavy atom. The Bertz CT molecular complexity index is 1200. The van der Waals surface area contributed by atoms with Gasteiger partial charge in [0, 0.05) is 43.1 Å². The van der Waals surface area contributed by atoms with Crippen molar-refractivity contribution in [2.24, 2.45) is 5.92 Å². The Morgan fingerprint density at radius 2 is 1.42 bits per heavy atom. The van der Waals surface area contributed by atoms with Crippen LogP contribution in [0.15, 0.2) is 103 Å². The van der Waals surface area contributed by atoms with Gasteiger partial charge in [0.05, 0.1) is 5.69 Å². The van der Waals surface area contributed by atoms with Gasteiger partial charge in [-0.15, -0.1) is 0 Å². The largest absolute Gasteiger partial charge is 0.356 e. The van der Waals surface area contributed by atoms with Gasteiger partial charge in [-0.2, -0.15) is 0 Å². The molecule has 1 N–H and O–H groups in total. The minimum absolute atomic E-state index is 0.0450. The van der Waals surface area contributed by atoms with Gasteiger partial charge in [0.1, 0.15) is 12.1 Å². The van der Waals surface area contributed by atoms with Crippen molar-refractivity contribution in [3.8, 4) is 11.3 Å². The molecule has 0 atom stereocenters. The summed E-state index contributed by atoms with van der Waals surface area (Å²) in [4.78, 5) is 24.2. The zero-order valence-corrected chi connectivity index (χ0v) is 20.5. The number of nitrogens with zero attached hydrogens (tertiary/aromatic N) is 3. The lowest BCUT2D eigenvalue weighted by Gasteiger charge is -2.32. The highest BCUT2D eigenvalue weighted by molar-refractivity contribution is 5.79. The molecular weight excluding hydrogens is 444 g/mol. The molecule has 5 heteroatoms. The molecule has 1 aromatic heterocycles. The zero-order valence-electron chi connectivity index (χ0n) is 20.5. The van der Waals surface area contributed by atoms with E-state index in [9.17, 15) is 4.79 Å². The topological polar surface area (TPSA) is 58.1 Å². The van der Waals surface area contributed by atoms with Crippen LogP contribution in [-0.4, -0.2) is 35.5 Å². The van der Waals surface area contributed by atoms with Crippen molar-refractivity contribution in [3.63, 3.8) is 0 Å². The standard InChI is InChI=1S/C31H32N4O/c36-31(32-19-16-28(24-10-4-1-5-11-24)25-12-6-2-7-13-25)27-17-20-35(21-18-27)30-22-29(33-23-34-30)26-14-8-3-9-15-26/h1-15,22-23,27-28H,16-21H2,(H,32,36). The number of benzene rings is 3. The molecule has 36 heavy (non-hydrogen) atoms. The number of hydrogen-bond donors (Lipinski definition) is 1. The first-order valence-electron chi connectivity index (χ1n) is 12.8. The van der Waals surface area contributed by atoms with E-state index in [2.05, 4.69) is 80.8 Å². The summed E-state index contributed by atoms with van der Waals surface area (Å²) in [5.74, 6) is 1.41. The molecular formula is C31H32N4O. The second-order valence-electron chi connectivity index (χ2n) is 9.34. The number of rotatable bonds is 8. The van der Waals surface area contributed by atoms with Crippen molar-refractivity contribution in [3.05, 3.63) is 115 Å². The van der Waals surface area contributed by atoms with Gasteiger partial charge in [-0.05, 0) is 30.4 Å². The molecule has 1 fully saturated rings. The van der Waals surface area contributed by atoms with Gasteiger partial charge in [0.2, 0.25) is 5.91 Å². The van der Waals surface area contributed by atoms with Crippen molar-refractivity contribution in [2.45, 2.75) is 25.2 Å². The molecule has 0 unspecified atom stereocenters. The van der Waals surface area contributed by atoms with E-state index in [4.69, 9.17) is 0 Å². The van der Waals surface area contributed by atoms with Crippen LogP contribution >= 0.6 is 0 Å². The predicted molar refractivity (Wildman–Crippen MR) is 145 cm³/mol. The molecule has 0 bridgehead atoms. The number of carbonyl (C=O) groups excluding carboxylic acids is 1. The number of anilines is 1. The van der Waals surface area contributed by atoms with Gasteiger partial charge < -0.3 is 10.2 Å². The summed E-state index contributed by atoms with van der Waals surface area (Å²) >= 11 is 0. The number of piperidine rings is 1. The van der Waals surface area contributed by atoms with Crippen LogP contribution in [-0.2, 0) is 4.79 Å². The van der Waals surface area contributed by atoms with E-state index < -0.39 is 0 Å². The summed E-state index contributed by atoms with van der Waals surface area (Å²) in [6.07, 6.45) is 4.17. The van der Waals surface area contributed by atoms with Crippen molar-refractivity contribution in [1.29, 1.82) is 0 Å². The first-order valence-corrected chi connectivity index (χ1v) is 12.8. The number of amides is 1. The lowest BCUT2D eigenvalue weighted by Crippen LogP contribution is -2.41. The second-order valence-corrected chi connectivity index (χ2v) is 9.34. The van der Waals surface area contributed by atoms with Crippen molar-refractivity contribution >= 4 is 11.7 Å². The minimum Gasteiger partial charge on any atom is -0.356 e. The highest BCUT2D eigenvalue weighted by Gasteiger charge is 2.26. The second kappa shape index (κ2) is 11.6. The fraction of sp³-hybridized carbons (Fsp3) is 0.258. The zero-order chi connectivity index (χ0) is 24.6. The van der Waals surface area contributed by atoms with Crippen LogP contribution in [0.4, 0.5) is 5.82 Å². The Labute approximate surface area is 213 Å². The maximum absolute atomic E-state index is 13.0. The maximum atomic E-state index is 13.0. The minimum atomic E-state index is 0.0450. The molecule has 1 aliphatic heterocycles.